The number of hydrogen-bond acceptors (Lipinski definition) is 4. The summed E-state index contributed by atoms with van der Waals surface area (Å²) in [5, 5.41) is 2.76. The zero-order valence-electron chi connectivity index (χ0n) is 12.1. The second-order valence-electron chi connectivity index (χ2n) is 4.54. The molecule has 0 unspecified atom stereocenters. The number of para-hydroxylation sites is 1. The number of hydrogen-bond donors (Lipinski definition) is 1. The predicted molar refractivity (Wildman–Crippen MR) is 79.2 cm³/mol. The van der Waals surface area contributed by atoms with Crippen LogP contribution >= 0.6 is 0 Å². The summed E-state index contributed by atoms with van der Waals surface area (Å²) in [6.45, 7) is 2.35. The summed E-state index contributed by atoms with van der Waals surface area (Å²) in [6.07, 6.45) is 1.66. The standard InChI is InChI=1S/C16H18N2O3/c1-12-6-3-4-8-14(12)21-16-13(7-5-9-17-16)10-18-15(19)11-20-2/h3-9H,10-11H2,1-2H3,(H,18,19). The number of aromatic nitrogens is 1. The number of nitrogens with zero attached hydrogens (tertiary/aromatic N) is 1. The normalized spacial score (nSPS) is 10.2. The van der Waals surface area contributed by atoms with Crippen molar-refractivity contribution in [1.82, 2.24) is 10.3 Å². The molecule has 0 aliphatic carbocycles. The molecule has 2 aromatic rings. The number of carbonyl (C=O) groups is 1. The maximum absolute atomic E-state index is 11.4. The lowest BCUT2D eigenvalue weighted by Crippen LogP contribution is -2.26. The van der Waals surface area contributed by atoms with E-state index in [-0.39, 0.29) is 12.5 Å². The zero-order chi connectivity index (χ0) is 15.1. The molecule has 2 rings (SSSR count). The van der Waals surface area contributed by atoms with Crippen LogP contribution in [0.25, 0.3) is 0 Å². The molecule has 0 saturated carbocycles. The lowest BCUT2D eigenvalue weighted by Gasteiger charge is -2.12. The van der Waals surface area contributed by atoms with Crippen LogP contribution in [0.4, 0.5) is 0 Å². The van der Waals surface area contributed by atoms with E-state index in [0.29, 0.717) is 12.4 Å². The van der Waals surface area contributed by atoms with E-state index in [9.17, 15) is 4.79 Å². The van der Waals surface area contributed by atoms with Gasteiger partial charge in [0.15, 0.2) is 0 Å². The molecule has 5 nitrogen and oxygen atoms in total. The highest BCUT2D eigenvalue weighted by molar-refractivity contribution is 5.77. The Kier molecular flexibility index (Phi) is 5.29. The third-order valence-corrected chi connectivity index (χ3v) is 2.90. The number of benzene rings is 1. The molecule has 5 heteroatoms. The van der Waals surface area contributed by atoms with E-state index in [1.54, 1.807) is 6.20 Å². The molecule has 110 valence electrons. The second kappa shape index (κ2) is 7.40. The lowest BCUT2D eigenvalue weighted by molar-refractivity contribution is -0.124. The lowest BCUT2D eigenvalue weighted by atomic mass is 10.2. The van der Waals surface area contributed by atoms with E-state index < -0.39 is 0 Å². The van der Waals surface area contributed by atoms with Crippen LogP contribution in [0.3, 0.4) is 0 Å². The molecular weight excluding hydrogens is 268 g/mol. The van der Waals surface area contributed by atoms with Crippen molar-refractivity contribution in [2.45, 2.75) is 13.5 Å². The number of ether oxygens (including phenoxy) is 2. The fourth-order valence-corrected chi connectivity index (χ4v) is 1.80. The molecular formula is C16H18N2O3. The Morgan fingerprint density at radius 2 is 2.05 bits per heavy atom. The topological polar surface area (TPSA) is 60.5 Å². The smallest absolute Gasteiger partial charge is 0.246 e. The molecule has 1 amide bonds. The fraction of sp³-hybridized carbons (Fsp3) is 0.250. The van der Waals surface area contributed by atoms with E-state index in [0.717, 1.165) is 16.9 Å². The van der Waals surface area contributed by atoms with Crippen LogP contribution in [-0.4, -0.2) is 24.6 Å². The first-order valence-corrected chi connectivity index (χ1v) is 6.63. The summed E-state index contributed by atoms with van der Waals surface area (Å²) in [7, 11) is 1.48. The number of rotatable bonds is 6. The summed E-state index contributed by atoms with van der Waals surface area (Å²) < 4.78 is 10.6. The summed E-state index contributed by atoms with van der Waals surface area (Å²) in [4.78, 5) is 15.7. The average Bonchev–Trinajstić information content (AvgIpc) is 2.49. The van der Waals surface area contributed by atoms with Crippen LogP contribution in [0, 0.1) is 6.92 Å². The van der Waals surface area contributed by atoms with Gasteiger partial charge in [-0.2, -0.15) is 0 Å². The van der Waals surface area contributed by atoms with Crippen LogP contribution in [0.5, 0.6) is 11.6 Å². The van der Waals surface area contributed by atoms with Crippen molar-refractivity contribution in [2.24, 2.45) is 0 Å². The van der Waals surface area contributed by atoms with Gasteiger partial charge in [-0.1, -0.05) is 24.3 Å². The highest BCUT2D eigenvalue weighted by Gasteiger charge is 2.09. The second-order valence-corrected chi connectivity index (χ2v) is 4.54. The first-order chi connectivity index (χ1) is 10.2. The fourth-order valence-electron chi connectivity index (χ4n) is 1.80. The molecule has 0 atom stereocenters. The van der Waals surface area contributed by atoms with Gasteiger partial charge < -0.3 is 14.8 Å². The van der Waals surface area contributed by atoms with Crippen LogP contribution < -0.4 is 10.1 Å². The Morgan fingerprint density at radius 1 is 1.24 bits per heavy atom. The number of amides is 1. The predicted octanol–water partition coefficient (Wildman–Crippen LogP) is 2.44. The van der Waals surface area contributed by atoms with Gasteiger partial charge in [0, 0.05) is 25.4 Å². The van der Waals surface area contributed by atoms with Crippen LogP contribution in [0.15, 0.2) is 42.6 Å². The van der Waals surface area contributed by atoms with Crippen molar-refractivity contribution < 1.29 is 14.3 Å². The van der Waals surface area contributed by atoms with Gasteiger partial charge in [-0.25, -0.2) is 4.98 Å². The minimum absolute atomic E-state index is 0.0360. The van der Waals surface area contributed by atoms with E-state index >= 15 is 0 Å². The molecule has 1 heterocycles. The molecule has 0 bridgehead atoms. The summed E-state index contributed by atoms with van der Waals surface area (Å²) >= 11 is 0. The van der Waals surface area contributed by atoms with Gasteiger partial charge in [0.1, 0.15) is 12.4 Å². The Balaban J connectivity index is 2.10. The number of aryl methyl sites for hydroxylation is 1. The third kappa shape index (κ3) is 4.29. The van der Waals surface area contributed by atoms with Gasteiger partial charge in [0.05, 0.1) is 0 Å². The van der Waals surface area contributed by atoms with E-state index in [1.165, 1.54) is 7.11 Å². The molecule has 0 radical (unpaired) electrons. The Labute approximate surface area is 123 Å². The first-order valence-electron chi connectivity index (χ1n) is 6.63. The van der Waals surface area contributed by atoms with Gasteiger partial charge in [-0.15, -0.1) is 0 Å². The number of pyridine rings is 1. The van der Waals surface area contributed by atoms with Crippen LogP contribution in [-0.2, 0) is 16.1 Å². The molecule has 1 aromatic carbocycles. The maximum Gasteiger partial charge on any atom is 0.246 e. The zero-order valence-corrected chi connectivity index (χ0v) is 12.1. The van der Waals surface area contributed by atoms with Gasteiger partial charge >= 0.3 is 0 Å². The van der Waals surface area contributed by atoms with Crippen molar-refractivity contribution in [3.63, 3.8) is 0 Å². The summed E-state index contributed by atoms with van der Waals surface area (Å²) in [5.74, 6) is 1.06. The number of nitrogens with one attached hydrogen (secondary N) is 1. The molecule has 1 aromatic heterocycles. The van der Waals surface area contributed by atoms with Crippen molar-refractivity contribution in [3.8, 4) is 11.6 Å². The van der Waals surface area contributed by atoms with E-state index in [2.05, 4.69) is 10.3 Å². The highest BCUT2D eigenvalue weighted by Crippen LogP contribution is 2.25. The van der Waals surface area contributed by atoms with Gasteiger partial charge in [-0.3, -0.25) is 4.79 Å². The van der Waals surface area contributed by atoms with Crippen molar-refractivity contribution in [3.05, 3.63) is 53.7 Å². The average molecular weight is 286 g/mol. The number of carbonyl (C=O) groups excluding carboxylic acids is 1. The maximum atomic E-state index is 11.4. The molecule has 1 N–H and O–H groups in total. The van der Waals surface area contributed by atoms with Crippen LogP contribution in [0.2, 0.25) is 0 Å². The highest BCUT2D eigenvalue weighted by atomic mass is 16.5. The summed E-state index contributed by atoms with van der Waals surface area (Å²) in [5.41, 5.74) is 1.84. The molecule has 0 aliphatic rings. The Hall–Kier alpha value is -2.40. The van der Waals surface area contributed by atoms with Gasteiger partial charge in [0.25, 0.3) is 0 Å². The molecule has 21 heavy (non-hydrogen) atoms. The molecule has 0 saturated heterocycles. The first kappa shape index (κ1) is 15.0. The Morgan fingerprint density at radius 3 is 2.81 bits per heavy atom. The molecule has 0 spiro atoms. The van der Waals surface area contributed by atoms with Crippen LogP contribution in [0.1, 0.15) is 11.1 Å². The number of methoxy groups -OCH3 is 1. The third-order valence-electron chi connectivity index (χ3n) is 2.90. The molecule has 0 aliphatic heterocycles. The summed E-state index contributed by atoms with van der Waals surface area (Å²) in [6, 6.07) is 11.4. The van der Waals surface area contributed by atoms with E-state index in [1.807, 2.05) is 43.3 Å². The van der Waals surface area contributed by atoms with Gasteiger partial charge in [-0.05, 0) is 24.6 Å². The quantitative estimate of drug-likeness (QED) is 0.886. The van der Waals surface area contributed by atoms with Crippen molar-refractivity contribution in [1.29, 1.82) is 0 Å². The monoisotopic (exact) mass is 286 g/mol. The SMILES string of the molecule is COCC(=O)NCc1cccnc1Oc1ccccc1C. The Bertz CT molecular complexity index is 614. The minimum atomic E-state index is -0.178. The van der Waals surface area contributed by atoms with Crippen molar-refractivity contribution >= 4 is 5.91 Å². The largest absolute Gasteiger partial charge is 0.438 e. The minimum Gasteiger partial charge on any atom is -0.438 e. The van der Waals surface area contributed by atoms with E-state index in [4.69, 9.17) is 9.47 Å². The van der Waals surface area contributed by atoms with Gasteiger partial charge in [0.2, 0.25) is 11.8 Å². The van der Waals surface area contributed by atoms with Crippen molar-refractivity contribution in [2.75, 3.05) is 13.7 Å². The molecule has 0 fully saturated rings.